The van der Waals surface area contributed by atoms with E-state index in [2.05, 4.69) is 20.8 Å². The second kappa shape index (κ2) is 9.48. The first-order chi connectivity index (χ1) is 11.6. The number of nitrogens with zero attached hydrogens (tertiary/aromatic N) is 1. The Morgan fingerprint density at radius 3 is 2.88 bits per heavy atom. The third-order valence-electron chi connectivity index (χ3n) is 3.06. The Kier molecular flexibility index (Phi) is 7.33. The van der Waals surface area contributed by atoms with Crippen LogP contribution in [0.25, 0.3) is 0 Å². The number of para-hydroxylation sites is 1. The monoisotopic (exact) mass is 372 g/mol. The molecule has 7 nitrogen and oxygen atoms in total. The van der Waals surface area contributed by atoms with E-state index in [0.29, 0.717) is 36.1 Å². The Morgan fingerprint density at radius 1 is 1.29 bits per heavy atom. The van der Waals surface area contributed by atoms with Crippen LogP contribution in [-0.2, 0) is 0 Å². The Hall–Kier alpha value is -1.80. The number of aliphatic hydroxyl groups excluding tert-OH is 1. The lowest BCUT2D eigenvalue weighted by atomic mass is 10.3. The number of aromatic amines is 1. The molecule has 9 heteroatoms. The molecule has 2 rings (SSSR count). The third kappa shape index (κ3) is 5.68. The van der Waals surface area contributed by atoms with Gasteiger partial charge in [-0.3, -0.25) is 4.79 Å². The van der Waals surface area contributed by atoms with E-state index in [1.54, 1.807) is 12.1 Å². The minimum Gasteiger partial charge on any atom is -0.489 e. The summed E-state index contributed by atoms with van der Waals surface area (Å²) in [5, 5.41) is 22.4. The Morgan fingerprint density at radius 2 is 2.08 bits per heavy atom. The van der Waals surface area contributed by atoms with Gasteiger partial charge in [-0.25, -0.2) is 5.10 Å². The third-order valence-corrected chi connectivity index (χ3v) is 3.75. The van der Waals surface area contributed by atoms with Gasteiger partial charge in [-0.05, 0) is 12.1 Å². The lowest BCUT2D eigenvalue weighted by Crippen LogP contribution is -2.34. The van der Waals surface area contributed by atoms with E-state index >= 15 is 0 Å². The Bertz CT molecular complexity index is 711. The SMILES string of the molecule is O=c1[nH]ncc(NCCNC[C@H](O)COc2ccccc2Cl)c1Cl. The summed E-state index contributed by atoms with van der Waals surface area (Å²) >= 11 is 11.8. The van der Waals surface area contributed by atoms with Gasteiger partial charge in [0.1, 0.15) is 23.5 Å². The molecule has 0 bridgehead atoms. The van der Waals surface area contributed by atoms with Crippen molar-refractivity contribution in [2.45, 2.75) is 6.10 Å². The second-order valence-corrected chi connectivity index (χ2v) is 5.74. The first-order valence-electron chi connectivity index (χ1n) is 7.31. The molecule has 0 unspecified atom stereocenters. The van der Waals surface area contributed by atoms with E-state index in [1.165, 1.54) is 6.20 Å². The van der Waals surface area contributed by atoms with Gasteiger partial charge in [0.15, 0.2) is 0 Å². The van der Waals surface area contributed by atoms with Crippen LogP contribution in [0.3, 0.4) is 0 Å². The van der Waals surface area contributed by atoms with E-state index < -0.39 is 11.7 Å². The molecule has 0 aliphatic rings. The van der Waals surface area contributed by atoms with Crippen LogP contribution in [0.1, 0.15) is 0 Å². The minimum atomic E-state index is -0.675. The summed E-state index contributed by atoms with van der Waals surface area (Å²) in [6.45, 7) is 1.57. The largest absolute Gasteiger partial charge is 0.489 e. The van der Waals surface area contributed by atoms with Crippen molar-refractivity contribution in [1.29, 1.82) is 0 Å². The van der Waals surface area contributed by atoms with Gasteiger partial charge < -0.3 is 20.5 Å². The molecule has 1 heterocycles. The average molecular weight is 373 g/mol. The van der Waals surface area contributed by atoms with Gasteiger partial charge in [0.05, 0.1) is 16.9 Å². The van der Waals surface area contributed by atoms with E-state index in [0.717, 1.165) is 0 Å². The van der Waals surface area contributed by atoms with Crippen molar-refractivity contribution in [2.24, 2.45) is 0 Å². The van der Waals surface area contributed by atoms with E-state index in [9.17, 15) is 9.90 Å². The highest BCUT2D eigenvalue weighted by Gasteiger charge is 2.07. The highest BCUT2D eigenvalue weighted by Crippen LogP contribution is 2.23. The predicted molar refractivity (Wildman–Crippen MR) is 94.2 cm³/mol. The fraction of sp³-hybridized carbons (Fsp3) is 0.333. The number of H-pyrrole nitrogens is 1. The molecule has 0 saturated carbocycles. The maximum Gasteiger partial charge on any atom is 0.285 e. The maximum atomic E-state index is 11.3. The van der Waals surface area contributed by atoms with Crippen molar-refractivity contribution in [3.05, 3.63) is 50.9 Å². The molecule has 24 heavy (non-hydrogen) atoms. The highest BCUT2D eigenvalue weighted by atomic mass is 35.5. The fourth-order valence-corrected chi connectivity index (χ4v) is 2.22. The number of aromatic nitrogens is 2. The minimum absolute atomic E-state index is 0.0678. The van der Waals surface area contributed by atoms with E-state index in [1.807, 2.05) is 12.1 Å². The molecule has 4 N–H and O–H groups in total. The maximum absolute atomic E-state index is 11.3. The number of nitrogens with one attached hydrogen (secondary N) is 3. The molecule has 1 atom stereocenters. The first-order valence-corrected chi connectivity index (χ1v) is 8.06. The molecular weight excluding hydrogens is 355 g/mol. The quantitative estimate of drug-likeness (QED) is 0.498. The van der Waals surface area contributed by atoms with Gasteiger partial charge in [-0.2, -0.15) is 5.10 Å². The van der Waals surface area contributed by atoms with E-state index in [-0.39, 0.29) is 11.6 Å². The standard InChI is InChI=1S/C15H18Cl2N4O3/c16-11-3-1-2-4-13(11)24-9-10(22)7-18-5-6-19-12-8-20-21-15(23)14(12)17/h1-4,8,10,18,22H,5-7,9H2,(H2,19,21,23)/t10-/m0/s1. The van der Waals surface area contributed by atoms with Gasteiger partial charge in [-0.15, -0.1) is 0 Å². The normalized spacial score (nSPS) is 12.0. The molecule has 0 saturated heterocycles. The predicted octanol–water partition coefficient (Wildman–Crippen LogP) is 1.52. The van der Waals surface area contributed by atoms with Crippen LogP contribution in [0.2, 0.25) is 10.0 Å². The number of ether oxygens (including phenoxy) is 1. The van der Waals surface area contributed by atoms with Crippen molar-refractivity contribution in [3.63, 3.8) is 0 Å². The van der Waals surface area contributed by atoms with Gasteiger partial charge in [0.25, 0.3) is 5.56 Å². The average Bonchev–Trinajstić information content (AvgIpc) is 2.57. The number of rotatable bonds is 9. The molecular formula is C15H18Cl2N4O3. The zero-order valence-electron chi connectivity index (χ0n) is 12.8. The van der Waals surface area contributed by atoms with Gasteiger partial charge in [0.2, 0.25) is 0 Å². The zero-order chi connectivity index (χ0) is 17.4. The molecule has 0 aliphatic carbocycles. The molecule has 0 aliphatic heterocycles. The molecule has 0 radical (unpaired) electrons. The number of hydrogen-bond donors (Lipinski definition) is 4. The van der Waals surface area contributed by atoms with Crippen molar-refractivity contribution < 1.29 is 9.84 Å². The summed E-state index contributed by atoms with van der Waals surface area (Å²) in [6, 6.07) is 7.09. The van der Waals surface area contributed by atoms with Gasteiger partial charge in [0, 0.05) is 19.6 Å². The summed E-state index contributed by atoms with van der Waals surface area (Å²) in [5.74, 6) is 0.538. The lowest BCUT2D eigenvalue weighted by molar-refractivity contribution is 0.107. The molecule has 130 valence electrons. The Labute approximate surface area is 148 Å². The molecule has 1 aromatic heterocycles. The smallest absolute Gasteiger partial charge is 0.285 e. The first kappa shape index (κ1) is 18.5. The van der Waals surface area contributed by atoms with Crippen LogP contribution >= 0.6 is 23.2 Å². The van der Waals surface area contributed by atoms with Crippen LogP contribution in [0.4, 0.5) is 5.69 Å². The summed E-state index contributed by atoms with van der Waals surface area (Å²) < 4.78 is 5.45. The highest BCUT2D eigenvalue weighted by molar-refractivity contribution is 6.33. The summed E-state index contributed by atoms with van der Waals surface area (Å²) in [4.78, 5) is 11.3. The van der Waals surface area contributed by atoms with Crippen LogP contribution in [0.5, 0.6) is 5.75 Å². The second-order valence-electron chi connectivity index (χ2n) is 4.95. The fourth-order valence-electron chi connectivity index (χ4n) is 1.87. The molecule has 0 amide bonds. The lowest BCUT2D eigenvalue weighted by Gasteiger charge is -2.14. The van der Waals surface area contributed by atoms with Crippen molar-refractivity contribution >= 4 is 28.9 Å². The zero-order valence-corrected chi connectivity index (χ0v) is 14.3. The topological polar surface area (TPSA) is 99.3 Å². The van der Waals surface area contributed by atoms with E-state index in [4.69, 9.17) is 27.9 Å². The molecule has 1 aromatic carbocycles. The molecule has 0 fully saturated rings. The van der Waals surface area contributed by atoms with Crippen molar-refractivity contribution in [1.82, 2.24) is 15.5 Å². The number of hydrogen-bond acceptors (Lipinski definition) is 6. The molecule has 0 spiro atoms. The van der Waals surface area contributed by atoms with Crippen molar-refractivity contribution in [2.75, 3.05) is 31.6 Å². The Balaban J connectivity index is 1.63. The summed E-state index contributed by atoms with van der Waals surface area (Å²) in [5.41, 5.74) is 0.0200. The van der Waals surface area contributed by atoms with Crippen LogP contribution in [0.15, 0.2) is 35.3 Å². The van der Waals surface area contributed by atoms with Crippen LogP contribution in [-0.4, -0.2) is 47.6 Å². The van der Waals surface area contributed by atoms with Crippen molar-refractivity contribution in [3.8, 4) is 5.75 Å². The van der Waals surface area contributed by atoms with Crippen LogP contribution in [0, 0.1) is 0 Å². The summed E-state index contributed by atoms with van der Waals surface area (Å²) in [6.07, 6.45) is 0.766. The van der Waals surface area contributed by atoms with Crippen LogP contribution < -0.4 is 20.9 Å². The van der Waals surface area contributed by atoms with Gasteiger partial charge >= 0.3 is 0 Å². The van der Waals surface area contributed by atoms with Gasteiger partial charge in [-0.1, -0.05) is 35.3 Å². The number of anilines is 1. The number of aliphatic hydroxyl groups is 1. The number of benzene rings is 1. The number of halogens is 2. The molecule has 2 aromatic rings. The summed E-state index contributed by atoms with van der Waals surface area (Å²) in [7, 11) is 0.